The average Bonchev–Trinajstić information content (AvgIpc) is 2.65. The molecule has 0 aromatic heterocycles. The molecule has 0 amide bonds. The molecule has 0 atom stereocenters. The molecule has 0 spiro atoms. The number of oxime groups is 1. The average molecular weight is 301 g/mol. The molecule has 0 fully saturated rings. The Bertz CT molecular complexity index is 683. The molecule has 0 saturated carbocycles. The fourth-order valence-electron chi connectivity index (χ4n) is 3.27. The van der Waals surface area contributed by atoms with Gasteiger partial charge in [-0.05, 0) is 23.6 Å². The molecule has 2 nitrogen and oxygen atoms in total. The highest BCUT2D eigenvalue weighted by molar-refractivity contribution is 5.99. The van der Waals surface area contributed by atoms with Gasteiger partial charge in [0.2, 0.25) is 0 Å². The third-order valence-electron chi connectivity index (χ3n) is 4.31. The molecule has 0 unspecified atom stereocenters. The van der Waals surface area contributed by atoms with Crippen LogP contribution in [-0.4, -0.2) is 10.9 Å². The summed E-state index contributed by atoms with van der Waals surface area (Å²) < 4.78 is 0. The van der Waals surface area contributed by atoms with E-state index in [4.69, 9.17) is 0 Å². The lowest BCUT2D eigenvalue weighted by Gasteiger charge is -2.35. The quantitative estimate of drug-likeness (QED) is 0.317. The van der Waals surface area contributed by atoms with Crippen LogP contribution in [0.15, 0.2) is 96.2 Å². The number of rotatable bonds is 4. The van der Waals surface area contributed by atoms with Crippen molar-refractivity contribution in [2.75, 3.05) is 0 Å². The van der Waals surface area contributed by atoms with Gasteiger partial charge in [0.15, 0.2) is 0 Å². The maximum atomic E-state index is 9.64. The first-order valence-corrected chi connectivity index (χ1v) is 7.66. The van der Waals surface area contributed by atoms with E-state index >= 15 is 0 Å². The minimum Gasteiger partial charge on any atom is -0.411 e. The van der Waals surface area contributed by atoms with Crippen molar-refractivity contribution in [1.82, 2.24) is 0 Å². The molecule has 114 valence electrons. The Kier molecular flexibility index (Phi) is 4.24. The van der Waals surface area contributed by atoms with Crippen molar-refractivity contribution >= 4 is 5.71 Å². The zero-order valence-electron chi connectivity index (χ0n) is 13.1. The van der Waals surface area contributed by atoms with Crippen LogP contribution in [0.5, 0.6) is 0 Å². The van der Waals surface area contributed by atoms with Crippen LogP contribution in [-0.2, 0) is 5.41 Å². The number of hydrogen-bond donors (Lipinski definition) is 1. The van der Waals surface area contributed by atoms with E-state index in [0.717, 1.165) is 16.7 Å². The lowest BCUT2D eigenvalue weighted by molar-refractivity contribution is 0.315. The van der Waals surface area contributed by atoms with Crippen LogP contribution in [0.4, 0.5) is 0 Å². The molecule has 0 radical (unpaired) electrons. The largest absolute Gasteiger partial charge is 0.411 e. The van der Waals surface area contributed by atoms with E-state index in [1.54, 1.807) is 0 Å². The molecular formula is C21H19NO. The van der Waals surface area contributed by atoms with Gasteiger partial charge in [0, 0.05) is 0 Å². The van der Waals surface area contributed by atoms with Crippen LogP contribution in [0.1, 0.15) is 23.6 Å². The number of hydrogen-bond acceptors (Lipinski definition) is 2. The zero-order valence-corrected chi connectivity index (χ0v) is 13.1. The molecule has 0 aliphatic carbocycles. The van der Waals surface area contributed by atoms with Crippen LogP contribution < -0.4 is 0 Å². The minimum atomic E-state index is -0.613. The van der Waals surface area contributed by atoms with Gasteiger partial charge < -0.3 is 5.21 Å². The first-order valence-electron chi connectivity index (χ1n) is 7.66. The van der Waals surface area contributed by atoms with E-state index in [0.29, 0.717) is 5.71 Å². The van der Waals surface area contributed by atoms with E-state index in [2.05, 4.69) is 41.6 Å². The van der Waals surface area contributed by atoms with Gasteiger partial charge in [0.1, 0.15) is 0 Å². The Hall–Kier alpha value is -2.87. The summed E-state index contributed by atoms with van der Waals surface area (Å²) in [5.74, 6) is 0. The Morgan fingerprint density at radius 1 is 0.652 bits per heavy atom. The van der Waals surface area contributed by atoms with E-state index in [-0.39, 0.29) is 0 Å². The van der Waals surface area contributed by atoms with Crippen molar-refractivity contribution in [3.63, 3.8) is 0 Å². The van der Waals surface area contributed by atoms with Gasteiger partial charge in [-0.2, -0.15) is 0 Å². The van der Waals surface area contributed by atoms with Gasteiger partial charge in [0.25, 0.3) is 0 Å². The van der Waals surface area contributed by atoms with Gasteiger partial charge in [-0.15, -0.1) is 0 Å². The summed E-state index contributed by atoms with van der Waals surface area (Å²) in [4.78, 5) is 0. The van der Waals surface area contributed by atoms with Crippen LogP contribution >= 0.6 is 0 Å². The standard InChI is InChI=1S/C21H19NO/c1-17(22-23)21(18-11-5-2-6-12-18,19-13-7-3-8-14-19)20-15-9-4-10-16-20/h2-16,23H,1H3/b22-17+. The molecule has 0 heterocycles. The van der Waals surface area contributed by atoms with Crippen molar-refractivity contribution < 1.29 is 5.21 Å². The number of benzene rings is 3. The van der Waals surface area contributed by atoms with Crippen LogP contribution in [0.2, 0.25) is 0 Å². The highest BCUT2D eigenvalue weighted by atomic mass is 16.4. The monoisotopic (exact) mass is 301 g/mol. The maximum absolute atomic E-state index is 9.64. The smallest absolute Gasteiger partial charge is 0.0864 e. The normalized spacial score (nSPS) is 12.1. The first kappa shape index (κ1) is 15.0. The second-order valence-electron chi connectivity index (χ2n) is 5.53. The Morgan fingerprint density at radius 2 is 0.957 bits per heavy atom. The highest BCUT2D eigenvalue weighted by Gasteiger charge is 2.39. The molecule has 0 bridgehead atoms. The summed E-state index contributed by atoms with van der Waals surface area (Å²) in [6.45, 7) is 1.87. The van der Waals surface area contributed by atoms with E-state index in [1.165, 1.54) is 0 Å². The maximum Gasteiger partial charge on any atom is 0.0864 e. The molecular weight excluding hydrogens is 282 g/mol. The van der Waals surface area contributed by atoms with Gasteiger partial charge >= 0.3 is 0 Å². The molecule has 23 heavy (non-hydrogen) atoms. The molecule has 1 N–H and O–H groups in total. The van der Waals surface area contributed by atoms with Gasteiger partial charge in [-0.3, -0.25) is 0 Å². The Balaban J connectivity index is 2.41. The zero-order chi connectivity index (χ0) is 16.1. The summed E-state index contributed by atoms with van der Waals surface area (Å²) in [5, 5.41) is 13.2. The molecule has 0 saturated heterocycles. The molecule has 3 rings (SSSR count). The summed E-state index contributed by atoms with van der Waals surface area (Å²) >= 11 is 0. The summed E-state index contributed by atoms with van der Waals surface area (Å²) in [6.07, 6.45) is 0. The first-order chi connectivity index (χ1) is 11.3. The van der Waals surface area contributed by atoms with Gasteiger partial charge in [0.05, 0.1) is 11.1 Å². The minimum absolute atomic E-state index is 0.613. The molecule has 3 aromatic rings. The highest BCUT2D eigenvalue weighted by Crippen LogP contribution is 2.40. The summed E-state index contributed by atoms with van der Waals surface area (Å²) in [7, 11) is 0. The third kappa shape index (κ3) is 2.53. The molecule has 2 heteroatoms. The van der Waals surface area contributed by atoms with Crippen molar-refractivity contribution in [2.45, 2.75) is 12.3 Å². The topological polar surface area (TPSA) is 32.6 Å². The predicted octanol–water partition coefficient (Wildman–Crippen LogP) is 4.87. The summed E-state index contributed by atoms with van der Waals surface area (Å²) in [5.41, 5.74) is 3.26. The predicted molar refractivity (Wildman–Crippen MR) is 94.1 cm³/mol. The third-order valence-corrected chi connectivity index (χ3v) is 4.31. The summed E-state index contributed by atoms with van der Waals surface area (Å²) in [6, 6.07) is 30.5. The SMILES string of the molecule is C/C(=N\O)C(c1ccccc1)(c1ccccc1)c1ccccc1. The van der Waals surface area contributed by atoms with Crippen LogP contribution in [0.3, 0.4) is 0 Å². The van der Waals surface area contributed by atoms with Crippen LogP contribution in [0.25, 0.3) is 0 Å². The van der Waals surface area contributed by atoms with Gasteiger partial charge in [-0.1, -0.05) is 96.2 Å². The fourth-order valence-corrected chi connectivity index (χ4v) is 3.27. The Labute approximate surface area is 136 Å². The van der Waals surface area contributed by atoms with Crippen molar-refractivity contribution in [3.8, 4) is 0 Å². The lowest BCUT2D eigenvalue weighted by Crippen LogP contribution is -2.37. The van der Waals surface area contributed by atoms with Crippen LogP contribution in [0, 0.1) is 0 Å². The van der Waals surface area contributed by atoms with E-state index in [1.807, 2.05) is 61.5 Å². The second-order valence-corrected chi connectivity index (χ2v) is 5.53. The van der Waals surface area contributed by atoms with E-state index in [9.17, 15) is 5.21 Å². The number of nitrogens with zero attached hydrogens (tertiary/aromatic N) is 1. The molecule has 3 aromatic carbocycles. The van der Waals surface area contributed by atoms with Crippen molar-refractivity contribution in [2.24, 2.45) is 5.16 Å². The van der Waals surface area contributed by atoms with E-state index < -0.39 is 5.41 Å². The van der Waals surface area contributed by atoms with Gasteiger partial charge in [-0.25, -0.2) is 0 Å². The van der Waals surface area contributed by atoms with Crippen molar-refractivity contribution in [1.29, 1.82) is 0 Å². The Morgan fingerprint density at radius 3 is 1.22 bits per heavy atom. The molecule has 0 aliphatic rings. The fraction of sp³-hybridized carbons (Fsp3) is 0.0952. The molecule has 0 aliphatic heterocycles. The van der Waals surface area contributed by atoms with Crippen molar-refractivity contribution in [3.05, 3.63) is 108 Å². The second kappa shape index (κ2) is 6.49. The lowest BCUT2D eigenvalue weighted by atomic mass is 9.66.